The minimum absolute atomic E-state index is 0.0600. The van der Waals surface area contributed by atoms with Gasteiger partial charge in [-0.15, -0.1) is 0 Å². The zero-order valence-electron chi connectivity index (χ0n) is 9.53. The molecule has 0 heterocycles. The van der Waals surface area contributed by atoms with E-state index in [0.29, 0.717) is 12.2 Å². The molecular weight excluding hydrogens is 204 g/mol. The van der Waals surface area contributed by atoms with Gasteiger partial charge >= 0.3 is 0 Å². The molecule has 16 heavy (non-hydrogen) atoms. The second kappa shape index (κ2) is 6.85. The second-order valence-electron chi connectivity index (χ2n) is 3.49. The van der Waals surface area contributed by atoms with E-state index in [0.717, 1.165) is 25.2 Å². The molecule has 4 nitrogen and oxygen atoms in total. The number of ether oxygens (including phenoxy) is 2. The SMILES string of the molecule is COCCCCOc1cccc(C(=N)N)c1. The highest BCUT2D eigenvalue weighted by Crippen LogP contribution is 2.13. The Bertz CT molecular complexity index is 340. The van der Waals surface area contributed by atoms with Crippen LogP contribution in [0.2, 0.25) is 0 Å². The number of nitrogens with one attached hydrogen (secondary N) is 1. The molecule has 1 aromatic carbocycles. The third-order valence-corrected chi connectivity index (χ3v) is 2.16. The molecular formula is C12H18N2O2. The average Bonchev–Trinajstić information content (AvgIpc) is 2.29. The smallest absolute Gasteiger partial charge is 0.122 e. The number of hydrogen-bond acceptors (Lipinski definition) is 3. The number of rotatable bonds is 7. The number of unbranched alkanes of at least 4 members (excludes halogenated alkanes) is 1. The van der Waals surface area contributed by atoms with E-state index in [1.54, 1.807) is 19.2 Å². The third-order valence-electron chi connectivity index (χ3n) is 2.16. The summed E-state index contributed by atoms with van der Waals surface area (Å²) in [5, 5.41) is 7.31. The van der Waals surface area contributed by atoms with Crippen molar-refractivity contribution in [3.63, 3.8) is 0 Å². The lowest BCUT2D eigenvalue weighted by molar-refractivity contribution is 0.184. The zero-order valence-corrected chi connectivity index (χ0v) is 9.53. The first-order valence-corrected chi connectivity index (χ1v) is 5.30. The van der Waals surface area contributed by atoms with E-state index in [-0.39, 0.29) is 5.84 Å². The van der Waals surface area contributed by atoms with Crippen LogP contribution >= 0.6 is 0 Å². The van der Waals surface area contributed by atoms with Crippen LogP contribution in [0.3, 0.4) is 0 Å². The molecule has 0 amide bonds. The summed E-state index contributed by atoms with van der Waals surface area (Å²) in [6, 6.07) is 7.27. The Labute approximate surface area is 95.9 Å². The van der Waals surface area contributed by atoms with Crippen molar-refractivity contribution in [3.05, 3.63) is 29.8 Å². The van der Waals surface area contributed by atoms with Gasteiger partial charge in [0.05, 0.1) is 6.61 Å². The van der Waals surface area contributed by atoms with Crippen LogP contribution in [0.4, 0.5) is 0 Å². The van der Waals surface area contributed by atoms with Gasteiger partial charge in [0.1, 0.15) is 11.6 Å². The molecule has 3 N–H and O–H groups in total. The molecule has 0 spiro atoms. The highest BCUT2D eigenvalue weighted by atomic mass is 16.5. The number of nitrogens with two attached hydrogens (primary N) is 1. The standard InChI is InChI=1S/C12H18N2O2/c1-15-7-2-3-8-16-11-6-4-5-10(9-11)12(13)14/h4-6,9H,2-3,7-8H2,1H3,(H3,13,14). The summed E-state index contributed by atoms with van der Waals surface area (Å²) in [4.78, 5) is 0. The molecule has 0 saturated heterocycles. The maximum atomic E-state index is 7.31. The van der Waals surface area contributed by atoms with Crippen LogP contribution in [0, 0.1) is 5.41 Å². The van der Waals surface area contributed by atoms with Gasteiger partial charge in [0.25, 0.3) is 0 Å². The molecule has 0 aliphatic heterocycles. The monoisotopic (exact) mass is 222 g/mol. The second-order valence-corrected chi connectivity index (χ2v) is 3.49. The maximum absolute atomic E-state index is 7.31. The van der Waals surface area contributed by atoms with E-state index in [2.05, 4.69) is 0 Å². The average molecular weight is 222 g/mol. The van der Waals surface area contributed by atoms with Gasteiger partial charge in [-0.25, -0.2) is 0 Å². The summed E-state index contributed by atoms with van der Waals surface area (Å²) in [6.07, 6.45) is 1.95. The molecule has 0 fully saturated rings. The molecule has 0 saturated carbocycles. The molecule has 0 aliphatic rings. The molecule has 1 aromatic rings. The predicted octanol–water partition coefficient (Wildman–Crippen LogP) is 1.78. The van der Waals surface area contributed by atoms with Crippen molar-refractivity contribution in [3.8, 4) is 5.75 Å². The summed E-state index contributed by atoms with van der Waals surface area (Å²) in [6.45, 7) is 1.42. The number of benzene rings is 1. The fourth-order valence-electron chi connectivity index (χ4n) is 1.29. The normalized spacial score (nSPS) is 10.1. The quantitative estimate of drug-likeness (QED) is 0.420. The van der Waals surface area contributed by atoms with E-state index in [4.69, 9.17) is 20.6 Å². The lowest BCUT2D eigenvalue weighted by Gasteiger charge is -2.07. The van der Waals surface area contributed by atoms with Crippen LogP contribution in [0.15, 0.2) is 24.3 Å². The molecule has 88 valence electrons. The highest BCUT2D eigenvalue weighted by Gasteiger charge is 1.99. The zero-order chi connectivity index (χ0) is 11.8. The Morgan fingerprint density at radius 3 is 2.75 bits per heavy atom. The molecule has 1 rings (SSSR count). The van der Waals surface area contributed by atoms with Gasteiger partial charge < -0.3 is 15.2 Å². The van der Waals surface area contributed by atoms with Crippen LogP contribution in [-0.2, 0) is 4.74 Å². The van der Waals surface area contributed by atoms with E-state index in [9.17, 15) is 0 Å². The lowest BCUT2D eigenvalue weighted by atomic mass is 10.2. The van der Waals surface area contributed by atoms with Crippen molar-refractivity contribution < 1.29 is 9.47 Å². The molecule has 0 bridgehead atoms. The number of hydrogen-bond donors (Lipinski definition) is 2. The van der Waals surface area contributed by atoms with Crippen molar-refractivity contribution in [1.29, 1.82) is 5.41 Å². The van der Waals surface area contributed by atoms with E-state index < -0.39 is 0 Å². The first-order chi connectivity index (χ1) is 7.74. The van der Waals surface area contributed by atoms with Gasteiger partial charge in [0.2, 0.25) is 0 Å². The molecule has 0 radical (unpaired) electrons. The Kier molecular flexibility index (Phi) is 5.36. The van der Waals surface area contributed by atoms with E-state index >= 15 is 0 Å². The number of amidine groups is 1. The van der Waals surface area contributed by atoms with E-state index in [1.807, 2.05) is 12.1 Å². The lowest BCUT2D eigenvalue weighted by Crippen LogP contribution is -2.11. The first kappa shape index (κ1) is 12.5. The van der Waals surface area contributed by atoms with Crippen molar-refractivity contribution in [1.82, 2.24) is 0 Å². The Morgan fingerprint density at radius 2 is 2.06 bits per heavy atom. The van der Waals surface area contributed by atoms with Gasteiger partial charge in [0.15, 0.2) is 0 Å². The molecule has 4 heteroatoms. The summed E-state index contributed by atoms with van der Waals surface area (Å²) in [7, 11) is 1.69. The molecule has 0 atom stereocenters. The molecule has 0 aliphatic carbocycles. The minimum Gasteiger partial charge on any atom is -0.494 e. The van der Waals surface area contributed by atoms with Crippen LogP contribution in [0.5, 0.6) is 5.75 Å². The fourth-order valence-corrected chi connectivity index (χ4v) is 1.29. The van der Waals surface area contributed by atoms with Gasteiger partial charge in [-0.3, -0.25) is 5.41 Å². The molecule has 0 aromatic heterocycles. The van der Waals surface area contributed by atoms with Gasteiger partial charge in [-0.2, -0.15) is 0 Å². The molecule has 0 unspecified atom stereocenters. The van der Waals surface area contributed by atoms with Crippen molar-refractivity contribution in [2.45, 2.75) is 12.8 Å². The highest BCUT2D eigenvalue weighted by molar-refractivity contribution is 5.95. The Morgan fingerprint density at radius 1 is 1.31 bits per heavy atom. The van der Waals surface area contributed by atoms with Gasteiger partial charge in [-0.1, -0.05) is 12.1 Å². The maximum Gasteiger partial charge on any atom is 0.122 e. The number of nitrogen functional groups attached to an aromatic ring is 1. The topological polar surface area (TPSA) is 68.3 Å². The van der Waals surface area contributed by atoms with Crippen LogP contribution in [-0.4, -0.2) is 26.2 Å². The summed E-state index contributed by atoms with van der Waals surface area (Å²) in [5.74, 6) is 0.815. The van der Waals surface area contributed by atoms with Crippen LogP contribution < -0.4 is 10.5 Å². The van der Waals surface area contributed by atoms with E-state index in [1.165, 1.54) is 0 Å². The summed E-state index contributed by atoms with van der Waals surface area (Å²) >= 11 is 0. The fraction of sp³-hybridized carbons (Fsp3) is 0.417. The van der Waals surface area contributed by atoms with Crippen LogP contribution in [0.1, 0.15) is 18.4 Å². The third kappa shape index (κ3) is 4.31. The van der Waals surface area contributed by atoms with Crippen molar-refractivity contribution in [2.75, 3.05) is 20.3 Å². The number of methoxy groups -OCH3 is 1. The first-order valence-electron chi connectivity index (χ1n) is 5.30. The van der Waals surface area contributed by atoms with Crippen molar-refractivity contribution in [2.24, 2.45) is 5.73 Å². The predicted molar refractivity (Wildman–Crippen MR) is 64.1 cm³/mol. The largest absolute Gasteiger partial charge is 0.494 e. The van der Waals surface area contributed by atoms with Gasteiger partial charge in [0, 0.05) is 19.3 Å². The Hall–Kier alpha value is -1.55. The summed E-state index contributed by atoms with van der Waals surface area (Å²) < 4.78 is 10.5. The Balaban J connectivity index is 2.36. The van der Waals surface area contributed by atoms with Gasteiger partial charge in [-0.05, 0) is 25.0 Å². The van der Waals surface area contributed by atoms with Crippen LogP contribution in [0.25, 0.3) is 0 Å². The summed E-state index contributed by atoms with van der Waals surface area (Å²) in [5.41, 5.74) is 6.08. The minimum atomic E-state index is 0.0600. The van der Waals surface area contributed by atoms with Crippen molar-refractivity contribution >= 4 is 5.84 Å².